The van der Waals surface area contributed by atoms with E-state index < -0.39 is 0 Å². The fraction of sp³-hybridized carbons (Fsp3) is 0.353. The molecule has 5 nitrogen and oxygen atoms in total. The van der Waals surface area contributed by atoms with Crippen molar-refractivity contribution in [1.82, 2.24) is 9.88 Å². The van der Waals surface area contributed by atoms with Gasteiger partial charge in [0.05, 0.1) is 0 Å². The molecule has 24 heavy (non-hydrogen) atoms. The van der Waals surface area contributed by atoms with Crippen molar-refractivity contribution < 1.29 is 14.0 Å². The van der Waals surface area contributed by atoms with Crippen LogP contribution in [0.4, 0.5) is 4.39 Å². The summed E-state index contributed by atoms with van der Waals surface area (Å²) in [5, 5.41) is 0.697. The zero-order valence-electron chi connectivity index (χ0n) is 13.3. The Morgan fingerprint density at radius 1 is 1.25 bits per heavy atom. The smallest absolute Gasteiger partial charge is 0.273 e. The molecule has 0 aliphatic carbocycles. The molecule has 1 saturated heterocycles. The highest BCUT2D eigenvalue weighted by atomic mass is 32.1. The van der Waals surface area contributed by atoms with E-state index in [1.165, 1.54) is 23.5 Å². The Balaban J connectivity index is 1.76. The van der Waals surface area contributed by atoms with Gasteiger partial charge in [-0.05, 0) is 44.0 Å². The third-order valence-electron chi connectivity index (χ3n) is 4.27. The topological polar surface area (TPSA) is 76.3 Å². The average molecular weight is 347 g/mol. The van der Waals surface area contributed by atoms with Crippen LogP contribution in [-0.2, 0) is 4.79 Å². The molecule has 1 aliphatic rings. The van der Waals surface area contributed by atoms with Crippen LogP contribution >= 0.6 is 11.3 Å². The number of aromatic nitrogens is 1. The van der Waals surface area contributed by atoms with Crippen LogP contribution in [0.25, 0.3) is 10.6 Å². The quantitative estimate of drug-likeness (QED) is 0.927. The maximum absolute atomic E-state index is 13.0. The normalized spacial score (nSPS) is 15.5. The number of benzene rings is 1. The lowest BCUT2D eigenvalue weighted by atomic mass is 9.96. The number of hydrogen-bond acceptors (Lipinski definition) is 4. The minimum Gasteiger partial charge on any atom is -0.369 e. The van der Waals surface area contributed by atoms with Gasteiger partial charge in [0, 0.05) is 29.4 Å². The molecule has 0 bridgehead atoms. The van der Waals surface area contributed by atoms with E-state index in [0.29, 0.717) is 36.6 Å². The summed E-state index contributed by atoms with van der Waals surface area (Å²) in [5.74, 6) is -0.883. The summed E-state index contributed by atoms with van der Waals surface area (Å²) < 4.78 is 13.0. The van der Waals surface area contributed by atoms with Crippen molar-refractivity contribution in [3.63, 3.8) is 0 Å². The number of carbonyl (C=O) groups excluding carboxylic acids is 2. The highest BCUT2D eigenvalue weighted by molar-refractivity contribution is 7.15. The second-order valence-corrected chi connectivity index (χ2v) is 7.10. The van der Waals surface area contributed by atoms with Crippen molar-refractivity contribution in [2.45, 2.75) is 19.8 Å². The molecule has 0 radical (unpaired) electrons. The molecule has 2 amide bonds. The zero-order chi connectivity index (χ0) is 17.3. The summed E-state index contributed by atoms with van der Waals surface area (Å²) in [6.45, 7) is 2.87. The first kappa shape index (κ1) is 16.6. The fourth-order valence-electron chi connectivity index (χ4n) is 2.83. The number of nitrogens with zero attached hydrogens (tertiary/aromatic N) is 2. The van der Waals surface area contributed by atoms with E-state index >= 15 is 0 Å². The molecule has 1 aromatic heterocycles. The predicted molar refractivity (Wildman–Crippen MR) is 90.1 cm³/mol. The lowest BCUT2D eigenvalue weighted by Gasteiger charge is -2.30. The van der Waals surface area contributed by atoms with Gasteiger partial charge in [0.2, 0.25) is 5.91 Å². The van der Waals surface area contributed by atoms with E-state index in [1.807, 2.05) is 6.92 Å². The van der Waals surface area contributed by atoms with Crippen LogP contribution in [-0.4, -0.2) is 34.8 Å². The number of thiazole rings is 1. The summed E-state index contributed by atoms with van der Waals surface area (Å²) in [6.07, 6.45) is 1.18. The van der Waals surface area contributed by atoms with E-state index in [2.05, 4.69) is 4.98 Å². The molecule has 1 fully saturated rings. The summed E-state index contributed by atoms with van der Waals surface area (Å²) in [6, 6.07) is 6.06. The summed E-state index contributed by atoms with van der Waals surface area (Å²) in [4.78, 5) is 30.9. The summed E-state index contributed by atoms with van der Waals surface area (Å²) >= 11 is 1.42. The van der Waals surface area contributed by atoms with Gasteiger partial charge in [0.15, 0.2) is 0 Å². The van der Waals surface area contributed by atoms with Crippen molar-refractivity contribution in [3.8, 4) is 10.6 Å². The number of rotatable bonds is 3. The summed E-state index contributed by atoms with van der Waals surface area (Å²) in [7, 11) is 0. The van der Waals surface area contributed by atoms with Crippen LogP contribution < -0.4 is 5.73 Å². The van der Waals surface area contributed by atoms with Crippen LogP contribution in [0.3, 0.4) is 0 Å². The molecule has 3 rings (SSSR count). The number of halogens is 1. The molecular formula is C17H18FN3O2S. The van der Waals surface area contributed by atoms with Crippen LogP contribution in [0, 0.1) is 18.7 Å². The van der Waals surface area contributed by atoms with E-state index in [4.69, 9.17) is 5.73 Å². The number of carbonyl (C=O) groups is 2. The molecule has 7 heteroatoms. The Morgan fingerprint density at radius 3 is 2.46 bits per heavy atom. The Hall–Kier alpha value is -2.28. The Morgan fingerprint density at radius 2 is 1.88 bits per heavy atom. The maximum Gasteiger partial charge on any atom is 0.273 e. The molecule has 2 heterocycles. The number of hydrogen-bond donors (Lipinski definition) is 1. The third kappa shape index (κ3) is 3.31. The lowest BCUT2D eigenvalue weighted by molar-refractivity contribution is -0.123. The van der Waals surface area contributed by atoms with Gasteiger partial charge in [-0.15, -0.1) is 11.3 Å². The first-order valence-electron chi connectivity index (χ1n) is 7.77. The van der Waals surface area contributed by atoms with Crippen molar-refractivity contribution in [1.29, 1.82) is 0 Å². The molecule has 126 valence electrons. The SMILES string of the molecule is Cc1sc(-c2ccc(F)cc2)nc1C(=O)N1CCC(C(N)=O)CC1. The van der Waals surface area contributed by atoms with Crippen molar-refractivity contribution in [2.24, 2.45) is 11.7 Å². The largest absolute Gasteiger partial charge is 0.369 e. The van der Waals surface area contributed by atoms with Crippen LogP contribution in [0.5, 0.6) is 0 Å². The first-order valence-corrected chi connectivity index (χ1v) is 8.59. The van der Waals surface area contributed by atoms with E-state index in [9.17, 15) is 14.0 Å². The molecule has 2 aromatic rings. The van der Waals surface area contributed by atoms with Gasteiger partial charge in [-0.2, -0.15) is 0 Å². The van der Waals surface area contributed by atoms with Crippen molar-refractivity contribution in [2.75, 3.05) is 13.1 Å². The zero-order valence-corrected chi connectivity index (χ0v) is 14.1. The van der Waals surface area contributed by atoms with Gasteiger partial charge in [-0.25, -0.2) is 9.37 Å². The van der Waals surface area contributed by atoms with Gasteiger partial charge in [-0.3, -0.25) is 9.59 Å². The standard InChI is InChI=1S/C17H18FN3O2S/c1-10-14(17(23)21-8-6-11(7-9-21)15(19)22)20-16(24-10)12-2-4-13(18)5-3-12/h2-5,11H,6-9H2,1H3,(H2,19,22). The average Bonchev–Trinajstić information content (AvgIpc) is 2.96. The Kier molecular flexibility index (Phi) is 4.62. The van der Waals surface area contributed by atoms with E-state index in [0.717, 1.165) is 10.4 Å². The van der Waals surface area contributed by atoms with Gasteiger partial charge < -0.3 is 10.6 Å². The highest BCUT2D eigenvalue weighted by Crippen LogP contribution is 2.29. The van der Waals surface area contributed by atoms with Crippen LogP contribution in [0.2, 0.25) is 0 Å². The van der Waals surface area contributed by atoms with Crippen molar-refractivity contribution >= 4 is 23.2 Å². The predicted octanol–water partition coefficient (Wildman–Crippen LogP) is 2.60. The van der Waals surface area contributed by atoms with E-state index in [1.54, 1.807) is 17.0 Å². The second-order valence-electron chi connectivity index (χ2n) is 5.90. The number of primary amides is 1. The minimum atomic E-state index is -0.305. The number of likely N-dealkylation sites (tertiary alicyclic amines) is 1. The molecule has 0 atom stereocenters. The monoisotopic (exact) mass is 347 g/mol. The Labute approximate surface area is 143 Å². The molecule has 0 saturated carbocycles. The number of amides is 2. The molecular weight excluding hydrogens is 329 g/mol. The fourth-order valence-corrected chi connectivity index (χ4v) is 3.74. The highest BCUT2D eigenvalue weighted by Gasteiger charge is 2.28. The van der Waals surface area contributed by atoms with Gasteiger partial charge >= 0.3 is 0 Å². The molecule has 1 aromatic carbocycles. The third-order valence-corrected chi connectivity index (χ3v) is 5.29. The lowest BCUT2D eigenvalue weighted by Crippen LogP contribution is -2.42. The first-order chi connectivity index (χ1) is 11.5. The van der Waals surface area contributed by atoms with Gasteiger partial charge in [0.25, 0.3) is 5.91 Å². The van der Waals surface area contributed by atoms with E-state index in [-0.39, 0.29) is 23.5 Å². The van der Waals surface area contributed by atoms with Gasteiger partial charge in [-0.1, -0.05) is 0 Å². The van der Waals surface area contributed by atoms with Crippen LogP contribution in [0.15, 0.2) is 24.3 Å². The van der Waals surface area contributed by atoms with Gasteiger partial charge in [0.1, 0.15) is 16.5 Å². The van der Waals surface area contributed by atoms with Crippen molar-refractivity contribution in [3.05, 3.63) is 40.7 Å². The maximum atomic E-state index is 13.0. The van der Waals surface area contributed by atoms with Crippen LogP contribution in [0.1, 0.15) is 28.2 Å². The number of piperidine rings is 1. The molecule has 1 aliphatic heterocycles. The minimum absolute atomic E-state index is 0.125. The Bertz CT molecular complexity index is 765. The molecule has 0 spiro atoms. The summed E-state index contributed by atoms with van der Waals surface area (Å²) in [5.41, 5.74) is 6.54. The second kappa shape index (κ2) is 6.68. The number of nitrogens with two attached hydrogens (primary N) is 1. The molecule has 0 unspecified atom stereocenters. The molecule has 2 N–H and O–H groups in total. The number of aryl methyl sites for hydroxylation is 1.